The fourth-order valence-electron chi connectivity index (χ4n) is 4.32. The van der Waals surface area contributed by atoms with E-state index in [9.17, 15) is 14.7 Å². The van der Waals surface area contributed by atoms with Gasteiger partial charge in [-0.25, -0.2) is 0 Å². The number of nitrogens with one attached hydrogen (secondary N) is 2. The van der Waals surface area contributed by atoms with Gasteiger partial charge in [0, 0.05) is 15.7 Å². The number of hydrogen-bond acceptors (Lipinski definition) is 5. The lowest BCUT2D eigenvalue weighted by Crippen LogP contribution is -2.61. The van der Waals surface area contributed by atoms with Gasteiger partial charge in [-0.2, -0.15) is 0 Å². The number of amidine groups is 1. The number of nitrogens with zero attached hydrogens (tertiary/aromatic N) is 2. The third-order valence-corrected chi connectivity index (χ3v) is 6.55. The number of fused-ring (bicyclic) bond motifs is 1. The zero-order chi connectivity index (χ0) is 21.3. The Hall–Kier alpha value is -2.04. The average molecular weight is 520 g/mol. The summed E-state index contributed by atoms with van der Waals surface area (Å²) in [7, 11) is 0. The Bertz CT molecular complexity index is 925. The number of hydrogen-bond donors (Lipinski definition) is 3. The molecule has 4 atom stereocenters. The monoisotopic (exact) mass is 520 g/mol. The third kappa shape index (κ3) is 4.21. The lowest BCUT2D eigenvalue weighted by Gasteiger charge is -2.43. The van der Waals surface area contributed by atoms with Crippen LogP contribution >= 0.6 is 22.6 Å². The van der Waals surface area contributed by atoms with E-state index < -0.39 is 12.1 Å². The summed E-state index contributed by atoms with van der Waals surface area (Å²) in [6.45, 7) is 2.83. The number of amides is 2. The number of aliphatic hydroxyl groups is 1. The van der Waals surface area contributed by atoms with Gasteiger partial charge < -0.3 is 10.4 Å². The van der Waals surface area contributed by atoms with E-state index in [0.29, 0.717) is 11.4 Å². The molecule has 2 amide bonds. The number of carbonyl (C=O) groups is 2. The third-order valence-electron chi connectivity index (χ3n) is 5.83. The van der Waals surface area contributed by atoms with E-state index in [1.165, 1.54) is 0 Å². The smallest absolute Gasteiger partial charge is 0.251 e. The molecule has 0 radical (unpaired) electrons. The minimum absolute atomic E-state index is 0.0700. The summed E-state index contributed by atoms with van der Waals surface area (Å²) in [5.74, 6) is -0.0860. The summed E-state index contributed by atoms with van der Waals surface area (Å²) in [6, 6.07) is 6.73. The number of benzene rings is 1. The van der Waals surface area contributed by atoms with Gasteiger partial charge in [0.15, 0.2) is 0 Å². The minimum Gasteiger partial charge on any atom is -0.376 e. The van der Waals surface area contributed by atoms with Crippen LogP contribution in [0.4, 0.5) is 0 Å². The molecule has 0 bridgehead atoms. The van der Waals surface area contributed by atoms with E-state index in [0.717, 1.165) is 28.5 Å². The van der Waals surface area contributed by atoms with Crippen molar-refractivity contribution in [3.63, 3.8) is 0 Å². The molecule has 1 aromatic carbocycles. The largest absolute Gasteiger partial charge is 0.376 e. The summed E-state index contributed by atoms with van der Waals surface area (Å²) in [4.78, 5) is 32.4. The number of aliphatic hydroxyl groups excluding tert-OH is 1. The summed E-state index contributed by atoms with van der Waals surface area (Å²) in [6.07, 6.45) is 6.55. The molecule has 1 fully saturated rings. The van der Waals surface area contributed by atoms with Crippen molar-refractivity contribution in [1.29, 1.82) is 0 Å². The van der Waals surface area contributed by atoms with Crippen molar-refractivity contribution in [2.75, 3.05) is 13.1 Å². The number of carbonyl (C=O) groups excluding carboxylic acids is 2. The molecule has 1 aliphatic carbocycles. The molecule has 8 heteroatoms. The van der Waals surface area contributed by atoms with Crippen molar-refractivity contribution in [3.05, 3.63) is 57.2 Å². The normalized spacial score (nSPS) is 28.5. The Morgan fingerprint density at radius 2 is 2.13 bits per heavy atom. The maximum Gasteiger partial charge on any atom is 0.251 e. The second-order valence-electron chi connectivity index (χ2n) is 7.78. The topological polar surface area (TPSA) is 94.0 Å². The molecule has 7 nitrogen and oxygen atoms in total. The maximum atomic E-state index is 13.5. The van der Waals surface area contributed by atoms with Crippen molar-refractivity contribution < 1.29 is 14.7 Å². The molecule has 0 aromatic heterocycles. The van der Waals surface area contributed by atoms with Crippen LogP contribution in [0, 0.1) is 9.49 Å². The minimum atomic E-state index is -0.767. The highest BCUT2D eigenvalue weighted by Gasteiger charge is 2.44. The SMILES string of the molecule is CC1=NC2C=CC=C(CNC(=O)c3ccc(I)cc3)C2C(=O)N1C1CCCNC1O. The number of halogens is 1. The molecule has 4 rings (SSSR count). The standard InChI is InChI=1S/C22H25IN4O3/c1-13-26-17-5-2-4-15(12-25-20(28)14-7-9-16(23)10-8-14)19(17)22(30)27(13)18-6-3-11-24-21(18)29/h2,4-5,7-10,17-19,21,24,29H,3,6,11-12H2,1H3,(H,25,28). The molecule has 3 N–H and O–H groups in total. The lowest BCUT2D eigenvalue weighted by molar-refractivity contribution is -0.136. The first-order valence-electron chi connectivity index (χ1n) is 10.2. The number of aliphatic imine (C=N–C) groups is 1. The highest BCUT2D eigenvalue weighted by Crippen LogP contribution is 2.32. The Labute approximate surface area is 189 Å². The zero-order valence-corrected chi connectivity index (χ0v) is 18.9. The van der Waals surface area contributed by atoms with Crippen LogP contribution in [0.5, 0.6) is 0 Å². The van der Waals surface area contributed by atoms with E-state index >= 15 is 0 Å². The van der Waals surface area contributed by atoms with Crippen molar-refractivity contribution >= 4 is 40.2 Å². The van der Waals surface area contributed by atoms with E-state index in [-0.39, 0.29) is 30.4 Å². The second-order valence-corrected chi connectivity index (χ2v) is 9.02. The molecule has 4 unspecified atom stereocenters. The van der Waals surface area contributed by atoms with Gasteiger partial charge in [0.05, 0.1) is 18.0 Å². The zero-order valence-electron chi connectivity index (χ0n) is 16.7. The summed E-state index contributed by atoms with van der Waals surface area (Å²) >= 11 is 2.20. The number of allylic oxidation sites excluding steroid dienone is 2. The van der Waals surface area contributed by atoms with Crippen molar-refractivity contribution in [1.82, 2.24) is 15.5 Å². The molecule has 158 valence electrons. The van der Waals surface area contributed by atoms with Crippen LogP contribution in [-0.2, 0) is 4.79 Å². The predicted octanol–water partition coefficient (Wildman–Crippen LogP) is 1.83. The van der Waals surface area contributed by atoms with Crippen LogP contribution in [0.2, 0.25) is 0 Å². The molecule has 30 heavy (non-hydrogen) atoms. The Kier molecular flexibility index (Phi) is 6.35. The predicted molar refractivity (Wildman–Crippen MR) is 123 cm³/mol. The molecule has 3 aliphatic rings. The van der Waals surface area contributed by atoms with Gasteiger partial charge in [-0.3, -0.25) is 24.8 Å². The van der Waals surface area contributed by atoms with Crippen LogP contribution in [0.25, 0.3) is 0 Å². The maximum absolute atomic E-state index is 13.5. The van der Waals surface area contributed by atoms with Crippen molar-refractivity contribution in [2.24, 2.45) is 10.9 Å². The van der Waals surface area contributed by atoms with Gasteiger partial charge in [0.1, 0.15) is 12.1 Å². The fraction of sp³-hybridized carbons (Fsp3) is 0.409. The highest BCUT2D eigenvalue weighted by molar-refractivity contribution is 14.1. The van der Waals surface area contributed by atoms with Gasteiger partial charge in [-0.1, -0.05) is 18.2 Å². The van der Waals surface area contributed by atoms with Crippen LogP contribution in [0.15, 0.2) is 53.1 Å². The van der Waals surface area contributed by atoms with Gasteiger partial charge in [-0.05, 0) is 78.7 Å². The molecular weight excluding hydrogens is 495 g/mol. The van der Waals surface area contributed by atoms with E-state index in [2.05, 4.69) is 33.2 Å². The summed E-state index contributed by atoms with van der Waals surface area (Å²) in [5, 5.41) is 16.4. The second kappa shape index (κ2) is 8.99. The van der Waals surface area contributed by atoms with Crippen LogP contribution in [0.1, 0.15) is 30.1 Å². The van der Waals surface area contributed by atoms with Crippen LogP contribution in [-0.4, -0.2) is 59.1 Å². The molecule has 0 spiro atoms. The average Bonchev–Trinajstić information content (AvgIpc) is 2.73. The van der Waals surface area contributed by atoms with Gasteiger partial charge >= 0.3 is 0 Å². The van der Waals surface area contributed by atoms with Crippen LogP contribution in [0.3, 0.4) is 0 Å². The van der Waals surface area contributed by atoms with Gasteiger partial charge in [0.25, 0.3) is 5.91 Å². The van der Waals surface area contributed by atoms with Gasteiger partial charge in [0.2, 0.25) is 5.91 Å². The van der Waals surface area contributed by atoms with Crippen molar-refractivity contribution in [2.45, 2.75) is 38.1 Å². The molecule has 1 saturated heterocycles. The van der Waals surface area contributed by atoms with E-state index in [1.54, 1.807) is 17.0 Å². The Morgan fingerprint density at radius 3 is 2.87 bits per heavy atom. The Balaban J connectivity index is 1.51. The molecule has 2 heterocycles. The van der Waals surface area contributed by atoms with Crippen molar-refractivity contribution in [3.8, 4) is 0 Å². The lowest BCUT2D eigenvalue weighted by atomic mass is 9.84. The van der Waals surface area contributed by atoms with E-state index in [4.69, 9.17) is 4.99 Å². The highest BCUT2D eigenvalue weighted by atomic mass is 127. The Morgan fingerprint density at radius 1 is 1.37 bits per heavy atom. The first kappa shape index (κ1) is 21.2. The van der Waals surface area contributed by atoms with E-state index in [1.807, 2.05) is 37.3 Å². The number of rotatable bonds is 4. The first-order valence-corrected chi connectivity index (χ1v) is 11.2. The molecule has 1 aromatic rings. The van der Waals surface area contributed by atoms with Crippen LogP contribution < -0.4 is 10.6 Å². The van der Waals surface area contributed by atoms with Gasteiger partial charge in [-0.15, -0.1) is 0 Å². The summed E-state index contributed by atoms with van der Waals surface area (Å²) in [5.41, 5.74) is 1.41. The quantitative estimate of drug-likeness (QED) is 0.529. The molecular formula is C22H25IN4O3. The fourth-order valence-corrected chi connectivity index (χ4v) is 4.68. The number of piperidine rings is 1. The summed E-state index contributed by atoms with van der Waals surface area (Å²) < 4.78 is 1.06. The molecule has 0 saturated carbocycles. The molecule has 2 aliphatic heterocycles. The first-order chi connectivity index (χ1) is 14.5.